The van der Waals surface area contributed by atoms with Gasteiger partial charge in [-0.15, -0.1) is 0 Å². The molecular weight excluding hydrogens is 1030 g/mol. The van der Waals surface area contributed by atoms with Crippen LogP contribution in [0.5, 0.6) is 0 Å². The maximum atomic E-state index is 14.3. The first-order valence-corrected chi connectivity index (χ1v) is 28.3. The van der Waals surface area contributed by atoms with E-state index >= 15 is 0 Å². The van der Waals surface area contributed by atoms with Gasteiger partial charge in [-0.2, -0.15) is 11.8 Å². The van der Waals surface area contributed by atoms with Crippen molar-refractivity contribution in [1.82, 2.24) is 20.9 Å². The van der Waals surface area contributed by atoms with Crippen molar-refractivity contribution in [2.75, 3.05) is 38.2 Å². The van der Waals surface area contributed by atoms with E-state index in [1.165, 1.54) is 25.6 Å². The van der Waals surface area contributed by atoms with Crippen LogP contribution in [0.4, 0.5) is 0 Å². The van der Waals surface area contributed by atoms with Gasteiger partial charge in [-0.25, -0.2) is 0 Å². The van der Waals surface area contributed by atoms with Crippen LogP contribution in [0.1, 0.15) is 138 Å². The van der Waals surface area contributed by atoms with Crippen molar-refractivity contribution in [2.45, 2.75) is 169 Å². The highest BCUT2D eigenvalue weighted by molar-refractivity contribution is 7.98. The van der Waals surface area contributed by atoms with Gasteiger partial charge in [-0.05, 0) is 95.5 Å². The number of aliphatic hydroxyl groups excluding tert-OH is 1. The third-order valence-corrected chi connectivity index (χ3v) is 14.5. The average molecular weight is 1120 g/mol. The molecule has 0 aromatic carbocycles. The maximum absolute atomic E-state index is 14.3. The second-order valence-corrected chi connectivity index (χ2v) is 22.0. The lowest BCUT2D eigenvalue weighted by Gasteiger charge is -2.29. The molecule has 78 heavy (non-hydrogen) atoms. The summed E-state index contributed by atoms with van der Waals surface area (Å²) < 4.78 is 0. The SMILES string of the molecule is CSCCC(CC(=O)C(CCCN=C(N)N)NC(=O)C(CC(=O)C(NC(=O)C(CCCN=C(N)N)CC(=O)C1CCCN1C(=O)C(C)CCCN=C(N)N)C(C)C)C(C)O)C(=O)NC(CC(=O)O)C(=O)CC(C(C)=O)C(C)C. The van der Waals surface area contributed by atoms with E-state index in [1.807, 2.05) is 0 Å². The van der Waals surface area contributed by atoms with Gasteiger partial charge in [0.25, 0.3) is 0 Å². The summed E-state index contributed by atoms with van der Waals surface area (Å²) in [6.45, 7) is 12.1. The van der Waals surface area contributed by atoms with Crippen LogP contribution in [0.3, 0.4) is 0 Å². The highest BCUT2D eigenvalue weighted by atomic mass is 32.2. The topological polar surface area (TPSA) is 444 Å². The molecule has 0 spiro atoms. The summed E-state index contributed by atoms with van der Waals surface area (Å²) in [5, 5.41) is 28.6. The van der Waals surface area contributed by atoms with Crippen molar-refractivity contribution in [3.63, 3.8) is 0 Å². The van der Waals surface area contributed by atoms with E-state index in [2.05, 4.69) is 30.9 Å². The number of thioether (sulfide) groups is 1. The number of likely N-dealkylation sites (tertiary alicyclic amines) is 1. The third kappa shape index (κ3) is 26.0. The predicted octanol–water partition coefficient (Wildman–Crippen LogP) is 0.0399. The molecule has 0 saturated carbocycles. The summed E-state index contributed by atoms with van der Waals surface area (Å²) in [6, 6.07) is -4.79. The van der Waals surface area contributed by atoms with Crippen molar-refractivity contribution in [3.8, 4) is 0 Å². The number of carboxylic acid groups (broad SMARTS) is 1. The number of aliphatic imine (C=N–C) groups is 3. The zero-order valence-electron chi connectivity index (χ0n) is 47.0. The van der Waals surface area contributed by atoms with Gasteiger partial charge in [0, 0.05) is 75.5 Å². The molecule has 0 aliphatic carbocycles. The number of rotatable bonds is 40. The van der Waals surface area contributed by atoms with E-state index in [0.29, 0.717) is 44.5 Å². The van der Waals surface area contributed by atoms with Gasteiger partial charge in [0.2, 0.25) is 23.6 Å². The van der Waals surface area contributed by atoms with E-state index in [4.69, 9.17) is 34.4 Å². The van der Waals surface area contributed by atoms with Crippen molar-refractivity contribution >= 4 is 88.2 Å². The van der Waals surface area contributed by atoms with Gasteiger partial charge in [0.05, 0.1) is 42.6 Å². The standard InChI is InChI=1S/C52H91N13O12S/c1-28(2)35(31(6)66)25-41(69)38(27-44(72)73)63-46(74)34(17-22-78-8)23-40(68)37(15-11-20-61-52(57)58)62-48(76)36(32(7)67)26-43(71)45(29(3)4)64-47(75)33(14-10-19-60-51(55)56)24-42(70)39-16-12-21-65(39)49(77)30(5)13-9-18-59-50(53)54/h28-30,32-39,45,67H,9-27H2,1-8H3,(H,62,76)(H,63,74)(H,64,75)(H,72,73)(H4,53,54,59)(H4,55,56,60)(H4,57,58,61). The first kappa shape index (κ1) is 69.8. The molecule has 1 saturated heterocycles. The molecule has 0 bridgehead atoms. The number of carbonyl (C=O) groups excluding carboxylic acids is 9. The number of amides is 4. The van der Waals surface area contributed by atoms with Crippen LogP contribution in [0.15, 0.2) is 15.0 Å². The molecular formula is C52H91N13O12S. The van der Waals surface area contributed by atoms with Crippen LogP contribution in [-0.2, 0) is 47.9 Å². The third-order valence-electron chi connectivity index (χ3n) is 13.9. The Morgan fingerprint density at radius 3 is 1.60 bits per heavy atom. The Labute approximate surface area is 463 Å². The molecule has 10 unspecified atom stereocenters. The molecule has 1 aliphatic heterocycles. The van der Waals surface area contributed by atoms with Crippen molar-refractivity contribution in [3.05, 3.63) is 0 Å². The van der Waals surface area contributed by atoms with Crippen LogP contribution in [0.2, 0.25) is 0 Å². The Morgan fingerprint density at radius 1 is 0.603 bits per heavy atom. The average Bonchev–Trinajstić information content (AvgIpc) is 3.84. The smallest absolute Gasteiger partial charge is 0.305 e. The molecule has 1 heterocycles. The predicted molar refractivity (Wildman–Crippen MR) is 299 cm³/mol. The molecule has 10 atom stereocenters. The number of carboxylic acids is 1. The summed E-state index contributed by atoms with van der Waals surface area (Å²) in [4.78, 5) is 150. The van der Waals surface area contributed by atoms with E-state index in [1.54, 1.807) is 45.8 Å². The lowest BCUT2D eigenvalue weighted by molar-refractivity contribution is -0.142. The molecule has 0 aromatic heterocycles. The van der Waals surface area contributed by atoms with Gasteiger partial charge >= 0.3 is 5.97 Å². The number of guanidine groups is 3. The van der Waals surface area contributed by atoms with Gasteiger partial charge in [-0.1, -0.05) is 34.6 Å². The van der Waals surface area contributed by atoms with Gasteiger partial charge in [0.15, 0.2) is 41.0 Å². The normalized spacial score (nSPS) is 16.7. The number of aliphatic carboxylic acids is 1. The lowest BCUT2D eigenvalue weighted by atomic mass is 9.85. The number of nitrogens with one attached hydrogen (secondary N) is 3. The number of ketones is 5. The molecule has 25 nitrogen and oxygen atoms in total. The van der Waals surface area contributed by atoms with Crippen LogP contribution < -0.4 is 50.4 Å². The lowest BCUT2D eigenvalue weighted by Crippen LogP contribution is -2.51. The summed E-state index contributed by atoms with van der Waals surface area (Å²) in [7, 11) is 0. The molecule has 1 rings (SSSR count). The fraction of sp³-hybridized carbons (Fsp3) is 0.750. The highest BCUT2D eigenvalue weighted by Gasteiger charge is 2.40. The van der Waals surface area contributed by atoms with E-state index < -0.39 is 126 Å². The number of nitrogens with two attached hydrogens (primary N) is 6. The van der Waals surface area contributed by atoms with E-state index in [9.17, 15) is 58.2 Å². The maximum Gasteiger partial charge on any atom is 0.305 e. The molecule has 1 aliphatic rings. The molecule has 17 N–H and O–H groups in total. The van der Waals surface area contributed by atoms with Gasteiger partial charge in [0.1, 0.15) is 5.78 Å². The summed E-state index contributed by atoms with van der Waals surface area (Å²) >= 11 is 1.37. The van der Waals surface area contributed by atoms with Crippen LogP contribution >= 0.6 is 11.8 Å². The Bertz CT molecular complexity index is 2130. The minimum atomic E-state index is -1.50. The number of nitrogens with zero attached hydrogens (tertiary/aromatic N) is 4. The Hall–Kier alpha value is -6.18. The van der Waals surface area contributed by atoms with Crippen LogP contribution in [-0.4, -0.2) is 160 Å². The molecule has 26 heteroatoms. The van der Waals surface area contributed by atoms with Crippen LogP contribution in [0.25, 0.3) is 0 Å². The van der Waals surface area contributed by atoms with Crippen molar-refractivity contribution in [2.24, 2.45) is 90.8 Å². The Kier molecular flexibility index (Phi) is 32.3. The number of hydrogen-bond acceptors (Lipinski definition) is 15. The largest absolute Gasteiger partial charge is 0.481 e. The van der Waals surface area contributed by atoms with Gasteiger partial charge in [-0.3, -0.25) is 62.9 Å². The molecule has 1 fully saturated rings. The zero-order chi connectivity index (χ0) is 59.4. The first-order chi connectivity index (χ1) is 36.5. The fourth-order valence-electron chi connectivity index (χ4n) is 9.33. The number of Topliss-reactive ketones (excluding diaryl/α,β-unsaturated/α-hetero) is 5. The minimum absolute atomic E-state index is 0.0446. The highest BCUT2D eigenvalue weighted by Crippen LogP contribution is 2.27. The van der Waals surface area contributed by atoms with E-state index in [-0.39, 0.29) is 99.3 Å². The Balaban J connectivity index is 3.47. The van der Waals surface area contributed by atoms with Crippen LogP contribution in [0, 0.1) is 41.4 Å². The first-order valence-electron chi connectivity index (χ1n) is 26.9. The fourth-order valence-corrected chi connectivity index (χ4v) is 9.85. The summed E-state index contributed by atoms with van der Waals surface area (Å²) in [5.41, 5.74) is 32.9. The summed E-state index contributed by atoms with van der Waals surface area (Å²) in [6.07, 6.45) is 0.555. The molecule has 0 aromatic rings. The minimum Gasteiger partial charge on any atom is -0.481 e. The molecule has 4 amide bonds. The zero-order valence-corrected chi connectivity index (χ0v) is 47.8. The monoisotopic (exact) mass is 1120 g/mol. The second-order valence-electron chi connectivity index (χ2n) is 21.1. The second kappa shape index (κ2) is 36.1. The molecule has 0 radical (unpaired) electrons. The number of carbonyl (C=O) groups is 10. The Morgan fingerprint density at radius 2 is 1.10 bits per heavy atom. The quantitative estimate of drug-likeness (QED) is 0.0219. The molecule has 442 valence electrons. The van der Waals surface area contributed by atoms with Crippen molar-refractivity contribution < 1.29 is 58.2 Å². The van der Waals surface area contributed by atoms with Gasteiger partial charge < -0.3 is 65.5 Å². The number of hydrogen-bond donors (Lipinski definition) is 11. The van der Waals surface area contributed by atoms with Crippen molar-refractivity contribution in [1.29, 1.82) is 0 Å². The summed E-state index contributed by atoms with van der Waals surface area (Å²) in [5.74, 6) is -11.9. The van der Waals surface area contributed by atoms with E-state index in [0.717, 1.165) is 0 Å². The number of aliphatic hydroxyl groups is 1.